The Bertz CT molecular complexity index is 842. The highest BCUT2D eigenvalue weighted by Crippen LogP contribution is 2.22. The average Bonchev–Trinajstić information content (AvgIpc) is 3.24. The second-order valence-corrected chi connectivity index (χ2v) is 7.71. The van der Waals surface area contributed by atoms with Crippen LogP contribution in [0.5, 0.6) is 0 Å². The van der Waals surface area contributed by atoms with E-state index in [9.17, 15) is 9.59 Å². The number of fused-ring (bicyclic) bond motifs is 1. The molecule has 1 N–H and O–H groups in total. The molecule has 0 spiro atoms. The lowest BCUT2D eigenvalue weighted by molar-refractivity contribution is -0.128. The van der Waals surface area contributed by atoms with Crippen molar-refractivity contribution < 1.29 is 14.3 Å². The Labute approximate surface area is 172 Å². The first-order chi connectivity index (χ1) is 13.6. The Balaban J connectivity index is 1.44. The van der Waals surface area contributed by atoms with Crippen LogP contribution in [-0.4, -0.2) is 84.0 Å². The molecule has 10 heteroatoms. The predicted molar refractivity (Wildman–Crippen MR) is 110 cm³/mol. The molecular formula is C18H24ClN5O3S. The van der Waals surface area contributed by atoms with Crippen LogP contribution >= 0.6 is 22.9 Å². The summed E-state index contributed by atoms with van der Waals surface area (Å²) in [5.74, 6) is -0.0594. The van der Waals surface area contributed by atoms with Crippen LogP contribution in [0.4, 0.5) is 0 Å². The van der Waals surface area contributed by atoms with Crippen LogP contribution in [0.25, 0.3) is 11.0 Å². The van der Waals surface area contributed by atoms with E-state index in [0.717, 1.165) is 11.4 Å². The fourth-order valence-electron chi connectivity index (χ4n) is 3.01. The number of thiazole rings is 1. The van der Waals surface area contributed by atoms with Crippen LogP contribution < -0.4 is 5.32 Å². The maximum Gasteiger partial charge on any atom is 0.246 e. The third-order valence-corrected chi connectivity index (χ3v) is 5.57. The van der Waals surface area contributed by atoms with E-state index in [-0.39, 0.29) is 11.8 Å². The van der Waals surface area contributed by atoms with Gasteiger partial charge in [0, 0.05) is 64.1 Å². The molecule has 2 amide bonds. The number of ether oxygens (including phenoxy) is 1. The van der Waals surface area contributed by atoms with Crippen LogP contribution in [0.2, 0.25) is 5.15 Å². The molecule has 0 atom stereocenters. The number of halogens is 1. The molecule has 8 nitrogen and oxygen atoms in total. The van der Waals surface area contributed by atoms with Gasteiger partial charge in [-0.25, -0.2) is 4.98 Å². The Hall–Kier alpha value is -1.94. The molecule has 1 aliphatic heterocycles. The molecule has 3 rings (SSSR count). The van der Waals surface area contributed by atoms with Crippen LogP contribution in [-0.2, 0) is 14.3 Å². The monoisotopic (exact) mass is 425 g/mol. The molecule has 3 heterocycles. The van der Waals surface area contributed by atoms with Gasteiger partial charge in [-0.1, -0.05) is 11.6 Å². The van der Waals surface area contributed by atoms with Crippen molar-refractivity contribution in [1.82, 2.24) is 24.5 Å². The van der Waals surface area contributed by atoms with Gasteiger partial charge in [-0.15, -0.1) is 11.3 Å². The van der Waals surface area contributed by atoms with Gasteiger partial charge >= 0.3 is 0 Å². The summed E-state index contributed by atoms with van der Waals surface area (Å²) in [5.41, 5.74) is 0.704. The van der Waals surface area contributed by atoms with E-state index < -0.39 is 0 Å². The summed E-state index contributed by atoms with van der Waals surface area (Å²) in [4.78, 5) is 33.3. The number of hydrogen-bond donors (Lipinski definition) is 1. The zero-order chi connectivity index (χ0) is 19.9. The summed E-state index contributed by atoms with van der Waals surface area (Å²) >= 11 is 7.64. The fraction of sp³-hybridized carbons (Fsp3) is 0.500. The SMILES string of the molecule is COCCCNC(=O)CN1CCN(C(=O)/C=C/c2c(Cl)nc3sccn23)CC1. The number of nitrogens with one attached hydrogen (secondary N) is 1. The molecule has 28 heavy (non-hydrogen) atoms. The van der Waals surface area contributed by atoms with E-state index >= 15 is 0 Å². The maximum absolute atomic E-state index is 12.5. The molecule has 0 saturated carbocycles. The highest BCUT2D eigenvalue weighted by atomic mass is 35.5. The number of nitrogens with zero attached hydrogens (tertiary/aromatic N) is 4. The summed E-state index contributed by atoms with van der Waals surface area (Å²) in [6.07, 6.45) is 5.92. The number of methoxy groups -OCH3 is 1. The molecule has 0 aromatic carbocycles. The van der Waals surface area contributed by atoms with Crippen molar-refractivity contribution in [2.24, 2.45) is 0 Å². The number of carbonyl (C=O) groups is 2. The quantitative estimate of drug-likeness (QED) is 0.510. The number of imidazole rings is 1. The fourth-order valence-corrected chi connectivity index (χ4v) is 4.02. The van der Waals surface area contributed by atoms with Gasteiger partial charge < -0.3 is 15.0 Å². The van der Waals surface area contributed by atoms with Crippen molar-refractivity contribution in [1.29, 1.82) is 0 Å². The van der Waals surface area contributed by atoms with Gasteiger partial charge in [0.05, 0.1) is 12.2 Å². The summed E-state index contributed by atoms with van der Waals surface area (Å²) in [7, 11) is 1.64. The number of rotatable bonds is 8. The van der Waals surface area contributed by atoms with Gasteiger partial charge in [0.1, 0.15) is 0 Å². The number of hydrogen-bond acceptors (Lipinski definition) is 6. The minimum atomic E-state index is -0.0649. The number of carbonyl (C=O) groups excluding carboxylic acids is 2. The molecular weight excluding hydrogens is 402 g/mol. The third-order valence-electron chi connectivity index (χ3n) is 4.54. The van der Waals surface area contributed by atoms with Gasteiger partial charge in [0.25, 0.3) is 0 Å². The van der Waals surface area contributed by atoms with Gasteiger partial charge in [0.2, 0.25) is 11.8 Å². The lowest BCUT2D eigenvalue weighted by Gasteiger charge is -2.33. The topological polar surface area (TPSA) is 79.2 Å². The van der Waals surface area contributed by atoms with Gasteiger partial charge in [-0.3, -0.25) is 18.9 Å². The molecule has 1 fully saturated rings. The molecule has 2 aromatic rings. The first-order valence-electron chi connectivity index (χ1n) is 9.14. The lowest BCUT2D eigenvalue weighted by atomic mass is 10.3. The molecule has 0 unspecified atom stereocenters. The van der Waals surface area contributed by atoms with Crippen LogP contribution in [0.3, 0.4) is 0 Å². The first kappa shape index (κ1) is 20.8. The smallest absolute Gasteiger partial charge is 0.246 e. The molecule has 0 aliphatic carbocycles. The summed E-state index contributed by atoms with van der Waals surface area (Å²) in [6.45, 7) is 4.14. The molecule has 0 radical (unpaired) electrons. The molecule has 2 aromatic heterocycles. The Morgan fingerprint density at radius 2 is 2.14 bits per heavy atom. The van der Waals surface area contributed by atoms with Gasteiger partial charge in [-0.2, -0.15) is 0 Å². The van der Waals surface area contributed by atoms with Gasteiger partial charge in [0.15, 0.2) is 10.1 Å². The second-order valence-electron chi connectivity index (χ2n) is 6.47. The Morgan fingerprint density at radius 1 is 1.36 bits per heavy atom. The Morgan fingerprint density at radius 3 is 2.89 bits per heavy atom. The molecule has 1 saturated heterocycles. The summed E-state index contributed by atoms with van der Waals surface area (Å²) < 4.78 is 6.82. The molecule has 1 aliphatic rings. The first-order valence-corrected chi connectivity index (χ1v) is 10.4. The van der Waals surface area contributed by atoms with Crippen molar-refractivity contribution in [3.63, 3.8) is 0 Å². The van der Waals surface area contributed by atoms with Gasteiger partial charge in [-0.05, 0) is 12.5 Å². The average molecular weight is 426 g/mol. The minimum Gasteiger partial charge on any atom is -0.385 e. The predicted octanol–water partition coefficient (Wildman–Crippen LogP) is 1.36. The summed E-state index contributed by atoms with van der Waals surface area (Å²) in [5, 5.41) is 5.19. The number of piperazine rings is 1. The maximum atomic E-state index is 12.5. The highest BCUT2D eigenvalue weighted by Gasteiger charge is 2.21. The van der Waals surface area contributed by atoms with Crippen molar-refractivity contribution in [2.45, 2.75) is 6.42 Å². The van der Waals surface area contributed by atoms with Crippen LogP contribution in [0.15, 0.2) is 17.7 Å². The van der Waals surface area contributed by atoms with Crippen molar-refractivity contribution in [3.05, 3.63) is 28.5 Å². The van der Waals surface area contributed by atoms with Crippen molar-refractivity contribution >= 4 is 45.8 Å². The van der Waals surface area contributed by atoms with Crippen LogP contribution in [0.1, 0.15) is 12.1 Å². The zero-order valence-corrected chi connectivity index (χ0v) is 17.3. The van der Waals surface area contributed by atoms with E-state index in [1.807, 2.05) is 16.0 Å². The summed E-state index contributed by atoms with van der Waals surface area (Å²) in [6, 6.07) is 0. The lowest BCUT2D eigenvalue weighted by Crippen LogP contribution is -2.50. The minimum absolute atomic E-state index is 0.00549. The van der Waals surface area contributed by atoms with Crippen LogP contribution in [0, 0.1) is 0 Å². The largest absolute Gasteiger partial charge is 0.385 e. The van der Waals surface area contributed by atoms with Crippen molar-refractivity contribution in [3.8, 4) is 0 Å². The Kier molecular flexibility index (Phi) is 7.43. The normalized spacial score (nSPS) is 15.6. The number of amides is 2. The van der Waals surface area contributed by atoms with E-state index in [4.69, 9.17) is 16.3 Å². The zero-order valence-electron chi connectivity index (χ0n) is 15.8. The highest BCUT2D eigenvalue weighted by molar-refractivity contribution is 7.15. The number of aromatic nitrogens is 2. The van der Waals surface area contributed by atoms with E-state index in [1.165, 1.54) is 17.4 Å². The second kappa shape index (κ2) is 10.0. The molecule has 152 valence electrons. The standard InChI is InChI=1S/C18H24ClN5O3S/c1-27-11-2-5-20-15(25)13-22-6-8-23(9-7-22)16(26)4-3-14-17(19)21-18-24(14)10-12-28-18/h3-4,10,12H,2,5-9,11,13H2,1H3,(H,20,25)/b4-3+. The van der Waals surface area contributed by atoms with E-state index in [0.29, 0.717) is 56.7 Å². The van der Waals surface area contributed by atoms with Crippen molar-refractivity contribution in [2.75, 3.05) is 53.0 Å². The third kappa shape index (κ3) is 5.32. The van der Waals surface area contributed by atoms with E-state index in [2.05, 4.69) is 15.2 Å². The molecule has 0 bridgehead atoms. The van der Waals surface area contributed by atoms with E-state index in [1.54, 1.807) is 18.1 Å².